The van der Waals surface area contributed by atoms with Gasteiger partial charge in [-0.25, -0.2) is 4.79 Å². The summed E-state index contributed by atoms with van der Waals surface area (Å²) in [5.41, 5.74) is 2.09. The van der Waals surface area contributed by atoms with Crippen LogP contribution in [-0.4, -0.2) is 24.0 Å². The second-order valence-electron chi connectivity index (χ2n) is 3.33. The van der Waals surface area contributed by atoms with Gasteiger partial charge in [0.05, 0.1) is 0 Å². The molecule has 1 aromatic rings. The highest BCUT2D eigenvalue weighted by Crippen LogP contribution is 2.12. The van der Waals surface area contributed by atoms with Gasteiger partial charge < -0.3 is 10.4 Å². The lowest BCUT2D eigenvalue weighted by atomic mass is 10.0. The van der Waals surface area contributed by atoms with Crippen LogP contribution in [0.4, 0.5) is 0 Å². The summed E-state index contributed by atoms with van der Waals surface area (Å²) >= 11 is 0. The van der Waals surface area contributed by atoms with Crippen LogP contribution in [0.3, 0.4) is 0 Å². The molecule has 0 unspecified atom stereocenters. The number of carboxylic acid groups (broad SMARTS) is 1. The fourth-order valence-electron chi connectivity index (χ4n) is 1.29. The summed E-state index contributed by atoms with van der Waals surface area (Å²) < 4.78 is 0. The lowest BCUT2D eigenvalue weighted by Crippen LogP contribution is -2.18. The average Bonchev–Trinajstić information content (AvgIpc) is 2.27. The monoisotopic (exact) mass is 219 g/mol. The van der Waals surface area contributed by atoms with Gasteiger partial charge in [-0.3, -0.25) is 4.79 Å². The first-order valence-corrected chi connectivity index (χ1v) is 4.78. The van der Waals surface area contributed by atoms with Gasteiger partial charge in [-0.2, -0.15) is 0 Å². The molecule has 1 amide bonds. The number of aryl methyl sites for hydroxylation is 1. The van der Waals surface area contributed by atoms with Crippen molar-refractivity contribution in [1.82, 2.24) is 5.32 Å². The number of hydrogen-bond acceptors (Lipinski definition) is 2. The van der Waals surface area contributed by atoms with Gasteiger partial charge in [0.15, 0.2) is 0 Å². The van der Waals surface area contributed by atoms with Crippen molar-refractivity contribution in [2.24, 2.45) is 0 Å². The summed E-state index contributed by atoms with van der Waals surface area (Å²) in [7, 11) is 1.56. The number of hydrogen-bond donors (Lipinski definition) is 2. The Kier molecular flexibility index (Phi) is 3.83. The molecule has 0 aliphatic heterocycles. The van der Waals surface area contributed by atoms with Gasteiger partial charge >= 0.3 is 5.97 Å². The van der Waals surface area contributed by atoms with E-state index >= 15 is 0 Å². The highest BCUT2D eigenvalue weighted by Gasteiger charge is 2.06. The van der Waals surface area contributed by atoms with Crippen LogP contribution < -0.4 is 5.32 Å². The molecule has 0 atom stereocenters. The van der Waals surface area contributed by atoms with Gasteiger partial charge in [-0.05, 0) is 30.2 Å². The third kappa shape index (κ3) is 2.95. The highest BCUT2D eigenvalue weighted by molar-refractivity contribution is 5.96. The summed E-state index contributed by atoms with van der Waals surface area (Å²) in [6.45, 7) is 1.83. The van der Waals surface area contributed by atoms with Crippen molar-refractivity contribution < 1.29 is 14.7 Å². The molecular weight excluding hydrogens is 206 g/mol. The van der Waals surface area contributed by atoms with E-state index in [1.165, 1.54) is 6.08 Å². The van der Waals surface area contributed by atoms with Crippen molar-refractivity contribution in [3.8, 4) is 0 Å². The summed E-state index contributed by atoms with van der Waals surface area (Å²) in [5, 5.41) is 11.0. The zero-order valence-electron chi connectivity index (χ0n) is 9.15. The lowest BCUT2D eigenvalue weighted by Gasteiger charge is -2.05. The second kappa shape index (κ2) is 5.11. The summed E-state index contributed by atoms with van der Waals surface area (Å²) in [6.07, 6.45) is 2.49. The van der Waals surface area contributed by atoms with E-state index in [0.717, 1.165) is 11.6 Å². The average molecular weight is 219 g/mol. The normalized spacial score (nSPS) is 10.4. The number of carbonyl (C=O) groups excluding carboxylic acids is 1. The van der Waals surface area contributed by atoms with Crippen LogP contribution >= 0.6 is 0 Å². The van der Waals surface area contributed by atoms with Gasteiger partial charge in [-0.1, -0.05) is 12.1 Å². The Balaban J connectivity index is 3.07. The Morgan fingerprint density at radius 3 is 2.62 bits per heavy atom. The first kappa shape index (κ1) is 12.0. The molecule has 0 aliphatic carbocycles. The van der Waals surface area contributed by atoms with E-state index in [1.807, 2.05) is 6.92 Å². The number of amides is 1. The molecule has 0 bridgehead atoms. The Labute approximate surface area is 93.6 Å². The first-order chi connectivity index (χ1) is 7.54. The maximum absolute atomic E-state index is 11.5. The molecule has 0 aliphatic rings. The van der Waals surface area contributed by atoms with Crippen molar-refractivity contribution in [2.45, 2.75) is 6.92 Å². The van der Waals surface area contributed by atoms with Gasteiger partial charge in [0.2, 0.25) is 0 Å². The fraction of sp³-hybridized carbons (Fsp3) is 0.167. The topological polar surface area (TPSA) is 66.4 Å². The van der Waals surface area contributed by atoms with Crippen molar-refractivity contribution in [3.05, 3.63) is 41.0 Å². The molecule has 84 valence electrons. The van der Waals surface area contributed by atoms with Gasteiger partial charge in [0.1, 0.15) is 0 Å². The predicted octanol–water partition coefficient (Wildman–Crippen LogP) is 1.45. The quantitative estimate of drug-likeness (QED) is 0.756. The SMILES string of the molecule is CNC(=O)c1cc(C=CC(=O)O)ccc1C. The molecular formula is C12H13NO3. The van der Waals surface area contributed by atoms with E-state index in [0.29, 0.717) is 11.1 Å². The third-order valence-corrected chi connectivity index (χ3v) is 2.15. The van der Waals surface area contributed by atoms with E-state index in [1.54, 1.807) is 25.2 Å². The summed E-state index contributed by atoms with van der Waals surface area (Å²) in [6, 6.07) is 5.21. The number of nitrogens with one attached hydrogen (secondary N) is 1. The lowest BCUT2D eigenvalue weighted by molar-refractivity contribution is -0.131. The summed E-state index contributed by atoms with van der Waals surface area (Å²) in [4.78, 5) is 21.8. The number of carbonyl (C=O) groups is 2. The van der Waals surface area contributed by atoms with Crippen molar-refractivity contribution >= 4 is 18.0 Å². The molecule has 2 N–H and O–H groups in total. The minimum atomic E-state index is -1.01. The second-order valence-corrected chi connectivity index (χ2v) is 3.33. The molecule has 0 radical (unpaired) electrons. The van der Waals surface area contributed by atoms with Gasteiger partial charge in [-0.15, -0.1) is 0 Å². The Morgan fingerprint density at radius 2 is 2.06 bits per heavy atom. The number of aliphatic carboxylic acids is 1. The molecule has 0 saturated heterocycles. The van der Waals surface area contributed by atoms with Crippen LogP contribution in [0.15, 0.2) is 24.3 Å². The highest BCUT2D eigenvalue weighted by atomic mass is 16.4. The largest absolute Gasteiger partial charge is 0.478 e. The molecule has 0 aromatic heterocycles. The number of carboxylic acids is 1. The van der Waals surface area contributed by atoms with E-state index in [4.69, 9.17) is 5.11 Å². The van der Waals surface area contributed by atoms with E-state index in [9.17, 15) is 9.59 Å². The molecule has 0 heterocycles. The van der Waals surface area contributed by atoms with Crippen LogP contribution in [0, 0.1) is 6.92 Å². The zero-order valence-corrected chi connectivity index (χ0v) is 9.15. The van der Waals surface area contributed by atoms with E-state index in [-0.39, 0.29) is 5.91 Å². The van der Waals surface area contributed by atoms with Gasteiger partial charge in [0, 0.05) is 18.7 Å². The van der Waals surface area contributed by atoms with Crippen LogP contribution in [0.2, 0.25) is 0 Å². The van der Waals surface area contributed by atoms with Crippen molar-refractivity contribution in [1.29, 1.82) is 0 Å². The molecule has 0 spiro atoms. The molecule has 1 aromatic carbocycles. The zero-order chi connectivity index (χ0) is 12.1. The molecule has 0 saturated carbocycles. The van der Waals surface area contributed by atoms with Crippen LogP contribution in [-0.2, 0) is 4.79 Å². The molecule has 1 rings (SSSR count). The maximum atomic E-state index is 11.5. The van der Waals surface area contributed by atoms with Crippen LogP contribution in [0.1, 0.15) is 21.5 Å². The summed E-state index contributed by atoms with van der Waals surface area (Å²) in [5.74, 6) is -1.19. The minimum absolute atomic E-state index is 0.178. The van der Waals surface area contributed by atoms with E-state index in [2.05, 4.69) is 5.32 Å². The molecule has 4 heteroatoms. The fourth-order valence-corrected chi connectivity index (χ4v) is 1.29. The first-order valence-electron chi connectivity index (χ1n) is 4.78. The Bertz CT molecular complexity index is 450. The van der Waals surface area contributed by atoms with Crippen LogP contribution in [0.5, 0.6) is 0 Å². The van der Waals surface area contributed by atoms with E-state index < -0.39 is 5.97 Å². The smallest absolute Gasteiger partial charge is 0.328 e. The number of rotatable bonds is 3. The van der Waals surface area contributed by atoms with Gasteiger partial charge in [0.25, 0.3) is 5.91 Å². The van der Waals surface area contributed by atoms with Crippen molar-refractivity contribution in [2.75, 3.05) is 7.05 Å². The minimum Gasteiger partial charge on any atom is -0.478 e. The Morgan fingerprint density at radius 1 is 1.38 bits per heavy atom. The molecule has 0 fully saturated rings. The third-order valence-electron chi connectivity index (χ3n) is 2.15. The number of benzene rings is 1. The Hall–Kier alpha value is -2.10. The predicted molar refractivity (Wildman–Crippen MR) is 61.2 cm³/mol. The van der Waals surface area contributed by atoms with Crippen LogP contribution in [0.25, 0.3) is 6.08 Å². The molecule has 4 nitrogen and oxygen atoms in total. The maximum Gasteiger partial charge on any atom is 0.328 e. The van der Waals surface area contributed by atoms with Crippen molar-refractivity contribution in [3.63, 3.8) is 0 Å². The standard InChI is InChI=1S/C12H13NO3/c1-8-3-4-9(5-6-11(14)15)7-10(8)12(16)13-2/h3-7H,1-2H3,(H,13,16)(H,14,15). The molecule has 16 heavy (non-hydrogen) atoms.